The lowest BCUT2D eigenvalue weighted by Crippen LogP contribution is -2.17. The first-order chi connectivity index (χ1) is 8.53. The molecule has 0 spiro atoms. The summed E-state index contributed by atoms with van der Waals surface area (Å²) in [6.45, 7) is 0.412. The Bertz CT molecular complexity index is 629. The van der Waals surface area contributed by atoms with Crippen LogP contribution >= 0.6 is 0 Å². The Kier molecular flexibility index (Phi) is 3.34. The lowest BCUT2D eigenvalue weighted by Gasteiger charge is -2.05. The second-order valence-corrected chi connectivity index (χ2v) is 5.35. The average Bonchev–Trinajstić information content (AvgIpc) is 2.88. The van der Waals surface area contributed by atoms with E-state index in [-0.39, 0.29) is 10.8 Å². The molecule has 0 bridgehead atoms. The topological polar surface area (TPSA) is 105 Å². The van der Waals surface area contributed by atoms with Gasteiger partial charge in [0, 0.05) is 31.4 Å². The van der Waals surface area contributed by atoms with Crippen LogP contribution in [0.1, 0.15) is 5.56 Å². The molecule has 0 unspecified atom stereocenters. The first kappa shape index (κ1) is 12.6. The highest BCUT2D eigenvalue weighted by Crippen LogP contribution is 2.15. The minimum absolute atomic E-state index is 0.0440. The van der Waals surface area contributed by atoms with Crippen molar-refractivity contribution in [2.75, 3.05) is 11.8 Å². The Morgan fingerprint density at radius 2 is 2.28 bits per heavy atom. The number of nitrogens with one attached hydrogen (secondary N) is 3. The lowest BCUT2D eigenvalue weighted by molar-refractivity contribution is 0.594. The van der Waals surface area contributed by atoms with Gasteiger partial charge in [-0.25, -0.2) is 0 Å². The maximum Gasteiger partial charge on any atom is 0.280 e. The molecule has 98 valence electrons. The second kappa shape index (κ2) is 4.78. The van der Waals surface area contributed by atoms with E-state index < -0.39 is 10.0 Å². The predicted molar refractivity (Wildman–Crippen MR) is 65.4 cm³/mol. The predicted octanol–water partition coefficient (Wildman–Crippen LogP) is -0.337. The van der Waals surface area contributed by atoms with Crippen LogP contribution in [0, 0.1) is 0 Å². The van der Waals surface area contributed by atoms with E-state index in [0.29, 0.717) is 12.1 Å². The molecule has 0 saturated heterocycles. The second-order valence-electron chi connectivity index (χ2n) is 3.73. The number of rotatable bonds is 5. The number of aromatic nitrogens is 4. The highest BCUT2D eigenvalue weighted by Gasteiger charge is 2.21. The molecule has 0 aromatic carbocycles. The highest BCUT2D eigenvalue weighted by atomic mass is 32.2. The van der Waals surface area contributed by atoms with E-state index in [4.69, 9.17) is 0 Å². The van der Waals surface area contributed by atoms with E-state index >= 15 is 0 Å². The molecule has 0 amide bonds. The van der Waals surface area contributed by atoms with Gasteiger partial charge in [0.1, 0.15) is 0 Å². The summed E-state index contributed by atoms with van der Waals surface area (Å²) in [6, 6.07) is 1.58. The van der Waals surface area contributed by atoms with Gasteiger partial charge in [0.2, 0.25) is 0 Å². The number of aromatic amines is 1. The van der Waals surface area contributed by atoms with Crippen LogP contribution in [0.4, 0.5) is 5.82 Å². The molecular weight excluding hydrogens is 256 g/mol. The van der Waals surface area contributed by atoms with Crippen molar-refractivity contribution < 1.29 is 8.42 Å². The molecule has 9 heteroatoms. The molecule has 0 atom stereocenters. The molecule has 3 N–H and O–H groups in total. The fourth-order valence-corrected chi connectivity index (χ4v) is 2.64. The van der Waals surface area contributed by atoms with Crippen molar-refractivity contribution in [1.29, 1.82) is 0 Å². The van der Waals surface area contributed by atoms with Crippen molar-refractivity contribution >= 4 is 15.8 Å². The van der Waals surface area contributed by atoms with E-state index in [1.807, 2.05) is 0 Å². The van der Waals surface area contributed by atoms with Crippen LogP contribution in [0.15, 0.2) is 23.5 Å². The SMILES string of the molecule is CNCc1cn[nH]c1S(=O)(=O)Nc1ccn(C)n1. The molecule has 18 heavy (non-hydrogen) atoms. The van der Waals surface area contributed by atoms with Crippen LogP contribution in [-0.2, 0) is 23.6 Å². The van der Waals surface area contributed by atoms with Gasteiger partial charge in [-0.2, -0.15) is 18.6 Å². The van der Waals surface area contributed by atoms with Crippen molar-refractivity contribution in [3.8, 4) is 0 Å². The van der Waals surface area contributed by atoms with E-state index in [9.17, 15) is 8.42 Å². The zero-order chi connectivity index (χ0) is 13.2. The third-order valence-electron chi connectivity index (χ3n) is 2.27. The first-order valence-corrected chi connectivity index (χ1v) is 6.70. The standard InChI is InChI=1S/C9H14N6O2S/c1-10-5-7-6-11-12-9(7)18(16,17)14-8-3-4-15(2)13-8/h3-4,6,10H,5H2,1-2H3,(H,11,12)(H,13,14). The molecule has 2 aromatic rings. The summed E-state index contributed by atoms with van der Waals surface area (Å²) in [6.07, 6.45) is 3.13. The molecule has 0 radical (unpaired) electrons. The molecule has 2 heterocycles. The van der Waals surface area contributed by atoms with Gasteiger partial charge in [-0.3, -0.25) is 14.5 Å². The summed E-state index contributed by atoms with van der Waals surface area (Å²) in [7, 11) is -0.253. The molecule has 0 aliphatic rings. The number of sulfonamides is 1. The summed E-state index contributed by atoms with van der Waals surface area (Å²) in [4.78, 5) is 0. The maximum atomic E-state index is 12.1. The van der Waals surface area contributed by atoms with Crippen LogP contribution in [0.2, 0.25) is 0 Å². The Balaban J connectivity index is 2.27. The van der Waals surface area contributed by atoms with Crippen LogP contribution in [0.25, 0.3) is 0 Å². The third-order valence-corrected chi connectivity index (χ3v) is 3.64. The Morgan fingerprint density at radius 3 is 2.89 bits per heavy atom. The summed E-state index contributed by atoms with van der Waals surface area (Å²) >= 11 is 0. The fraction of sp³-hybridized carbons (Fsp3) is 0.333. The normalized spacial score (nSPS) is 11.7. The van der Waals surface area contributed by atoms with Gasteiger partial charge in [-0.1, -0.05) is 0 Å². The Hall–Kier alpha value is -1.87. The summed E-state index contributed by atoms with van der Waals surface area (Å²) in [5.74, 6) is 0.266. The zero-order valence-corrected chi connectivity index (χ0v) is 10.8. The van der Waals surface area contributed by atoms with Crippen molar-refractivity contribution in [2.24, 2.45) is 7.05 Å². The largest absolute Gasteiger partial charge is 0.316 e. The number of hydrogen-bond acceptors (Lipinski definition) is 5. The summed E-state index contributed by atoms with van der Waals surface area (Å²) < 4.78 is 28.1. The van der Waals surface area contributed by atoms with E-state index in [1.165, 1.54) is 10.9 Å². The molecule has 0 aliphatic carbocycles. The van der Waals surface area contributed by atoms with Crippen molar-refractivity contribution in [1.82, 2.24) is 25.3 Å². The monoisotopic (exact) mass is 270 g/mol. The van der Waals surface area contributed by atoms with Gasteiger partial charge in [0.15, 0.2) is 10.8 Å². The lowest BCUT2D eigenvalue weighted by atomic mass is 10.4. The molecule has 0 saturated carbocycles. The first-order valence-electron chi connectivity index (χ1n) is 5.22. The summed E-state index contributed by atoms with van der Waals surface area (Å²) in [5, 5.41) is 13.1. The fourth-order valence-electron chi connectivity index (χ4n) is 1.51. The van der Waals surface area contributed by atoms with E-state index in [2.05, 4.69) is 25.3 Å². The number of anilines is 1. The van der Waals surface area contributed by atoms with Crippen molar-refractivity contribution in [3.63, 3.8) is 0 Å². The number of aryl methyl sites for hydroxylation is 1. The van der Waals surface area contributed by atoms with Crippen LogP contribution in [-0.4, -0.2) is 35.4 Å². The van der Waals surface area contributed by atoms with Gasteiger partial charge in [-0.05, 0) is 7.05 Å². The zero-order valence-electron chi connectivity index (χ0n) is 10.0. The average molecular weight is 270 g/mol. The smallest absolute Gasteiger partial charge is 0.280 e. The Morgan fingerprint density at radius 1 is 1.50 bits per heavy atom. The highest BCUT2D eigenvalue weighted by molar-refractivity contribution is 7.92. The van der Waals surface area contributed by atoms with Gasteiger partial charge in [0.25, 0.3) is 10.0 Å². The van der Waals surface area contributed by atoms with Gasteiger partial charge < -0.3 is 5.32 Å². The molecule has 0 fully saturated rings. The molecule has 2 rings (SSSR count). The third kappa shape index (κ3) is 2.51. The molecule has 8 nitrogen and oxygen atoms in total. The number of hydrogen-bond donors (Lipinski definition) is 3. The number of H-pyrrole nitrogens is 1. The number of nitrogens with zero attached hydrogens (tertiary/aromatic N) is 3. The maximum absolute atomic E-state index is 12.1. The van der Waals surface area contributed by atoms with Gasteiger partial charge in [-0.15, -0.1) is 0 Å². The minimum Gasteiger partial charge on any atom is -0.316 e. The molecule has 2 aromatic heterocycles. The Labute approximate surface area is 104 Å². The van der Waals surface area contributed by atoms with E-state index in [1.54, 1.807) is 26.4 Å². The summed E-state index contributed by atoms with van der Waals surface area (Å²) in [5.41, 5.74) is 0.570. The quantitative estimate of drug-likeness (QED) is 0.689. The molecule has 0 aliphatic heterocycles. The van der Waals surface area contributed by atoms with E-state index in [0.717, 1.165) is 0 Å². The van der Waals surface area contributed by atoms with Crippen LogP contribution in [0.3, 0.4) is 0 Å². The van der Waals surface area contributed by atoms with Gasteiger partial charge >= 0.3 is 0 Å². The van der Waals surface area contributed by atoms with Gasteiger partial charge in [0.05, 0.1) is 6.20 Å². The molecular formula is C9H14N6O2S. The van der Waals surface area contributed by atoms with Crippen molar-refractivity contribution in [3.05, 3.63) is 24.0 Å². The van der Waals surface area contributed by atoms with Crippen molar-refractivity contribution in [2.45, 2.75) is 11.6 Å². The van der Waals surface area contributed by atoms with Crippen LogP contribution < -0.4 is 10.0 Å². The minimum atomic E-state index is -3.69. The van der Waals surface area contributed by atoms with Crippen LogP contribution in [0.5, 0.6) is 0 Å².